The van der Waals surface area contributed by atoms with Crippen molar-refractivity contribution in [1.82, 2.24) is 10.2 Å². The van der Waals surface area contributed by atoms with Gasteiger partial charge in [0, 0.05) is 5.56 Å². The molecule has 0 saturated carbocycles. The van der Waals surface area contributed by atoms with E-state index in [1.165, 1.54) is 42.7 Å². The summed E-state index contributed by atoms with van der Waals surface area (Å²) < 4.78 is 66.4. The standard InChI is InChI=1S/C23H18F4N4O3S/c1-4-17-30-31-23(35-17)29-22(32)13(9-28)7-12-5-6-15(16(8-12)33-3)34-10-14-20(26)18(24)11(2)19(25)21(14)27/h5-8H,4,10H2,1-3H3,(H,29,31,32)/b13-7+. The Morgan fingerprint density at radius 2 is 1.83 bits per heavy atom. The van der Waals surface area contributed by atoms with E-state index in [4.69, 9.17) is 9.47 Å². The lowest BCUT2D eigenvalue weighted by molar-refractivity contribution is -0.112. The van der Waals surface area contributed by atoms with Crippen LogP contribution in [0.25, 0.3) is 6.08 Å². The molecule has 1 N–H and O–H groups in total. The van der Waals surface area contributed by atoms with E-state index in [-0.39, 0.29) is 22.2 Å². The van der Waals surface area contributed by atoms with Crippen LogP contribution in [0.15, 0.2) is 23.8 Å². The summed E-state index contributed by atoms with van der Waals surface area (Å²) in [5.41, 5.74) is -1.55. The lowest BCUT2D eigenvalue weighted by Crippen LogP contribution is -2.13. The van der Waals surface area contributed by atoms with Gasteiger partial charge < -0.3 is 9.47 Å². The molecule has 0 fully saturated rings. The molecule has 3 rings (SSSR count). The predicted octanol–water partition coefficient (Wildman–Crippen LogP) is 5.10. The third-order valence-corrected chi connectivity index (χ3v) is 5.78. The number of carbonyl (C=O) groups excluding carboxylic acids is 1. The molecule has 0 radical (unpaired) electrons. The molecule has 0 bridgehead atoms. The zero-order chi connectivity index (χ0) is 25.7. The van der Waals surface area contributed by atoms with Crippen LogP contribution in [0.1, 0.15) is 28.6 Å². The van der Waals surface area contributed by atoms with E-state index >= 15 is 0 Å². The number of nitriles is 1. The number of methoxy groups -OCH3 is 1. The van der Waals surface area contributed by atoms with E-state index in [1.54, 1.807) is 6.07 Å². The second kappa shape index (κ2) is 11.0. The van der Waals surface area contributed by atoms with Gasteiger partial charge in [0.25, 0.3) is 5.91 Å². The van der Waals surface area contributed by atoms with Gasteiger partial charge in [0.2, 0.25) is 5.13 Å². The third kappa shape index (κ3) is 5.58. The molecule has 0 aliphatic carbocycles. The Balaban J connectivity index is 1.81. The Hall–Kier alpha value is -3.98. The summed E-state index contributed by atoms with van der Waals surface area (Å²) in [5, 5.41) is 20.6. The number of halogens is 4. The molecular formula is C23H18F4N4O3S. The fraction of sp³-hybridized carbons (Fsp3) is 0.217. The summed E-state index contributed by atoms with van der Waals surface area (Å²) in [4.78, 5) is 12.4. The van der Waals surface area contributed by atoms with Crippen LogP contribution < -0.4 is 14.8 Å². The number of rotatable bonds is 8. The molecule has 182 valence electrons. The van der Waals surface area contributed by atoms with Gasteiger partial charge in [-0.15, -0.1) is 10.2 Å². The van der Waals surface area contributed by atoms with E-state index in [0.717, 1.165) is 11.9 Å². The van der Waals surface area contributed by atoms with Gasteiger partial charge in [-0.25, -0.2) is 17.6 Å². The smallest absolute Gasteiger partial charge is 0.268 e. The second-order valence-electron chi connectivity index (χ2n) is 7.04. The van der Waals surface area contributed by atoms with Crippen LogP contribution in [0.5, 0.6) is 11.5 Å². The van der Waals surface area contributed by atoms with Gasteiger partial charge in [0.1, 0.15) is 23.3 Å². The summed E-state index contributed by atoms with van der Waals surface area (Å²) in [5.74, 6) is -6.71. The van der Waals surface area contributed by atoms with Gasteiger partial charge in [0.05, 0.1) is 12.7 Å². The fourth-order valence-electron chi connectivity index (χ4n) is 2.88. The Morgan fingerprint density at radius 1 is 1.14 bits per heavy atom. The van der Waals surface area contributed by atoms with Crippen molar-refractivity contribution in [2.75, 3.05) is 12.4 Å². The average Bonchev–Trinajstić information content (AvgIpc) is 3.32. The number of amides is 1. The number of carbonyl (C=O) groups is 1. The van der Waals surface area contributed by atoms with E-state index < -0.39 is 46.9 Å². The summed E-state index contributed by atoms with van der Waals surface area (Å²) in [6, 6.07) is 6.01. The Kier molecular flexibility index (Phi) is 8.03. The van der Waals surface area contributed by atoms with Crippen LogP contribution in [-0.2, 0) is 17.8 Å². The van der Waals surface area contributed by atoms with E-state index in [0.29, 0.717) is 12.0 Å². The van der Waals surface area contributed by atoms with Crippen LogP contribution >= 0.6 is 11.3 Å². The van der Waals surface area contributed by atoms with Crippen molar-refractivity contribution < 1.29 is 31.8 Å². The van der Waals surface area contributed by atoms with Crippen molar-refractivity contribution in [1.29, 1.82) is 5.26 Å². The third-order valence-electron chi connectivity index (χ3n) is 4.80. The highest BCUT2D eigenvalue weighted by molar-refractivity contribution is 7.15. The van der Waals surface area contributed by atoms with Crippen molar-refractivity contribution in [3.05, 3.63) is 68.7 Å². The minimum atomic E-state index is -1.55. The zero-order valence-electron chi connectivity index (χ0n) is 18.7. The van der Waals surface area contributed by atoms with Crippen LogP contribution in [0.4, 0.5) is 22.7 Å². The highest BCUT2D eigenvalue weighted by Gasteiger charge is 2.23. The Labute approximate surface area is 201 Å². The van der Waals surface area contributed by atoms with Crippen molar-refractivity contribution in [3.63, 3.8) is 0 Å². The minimum absolute atomic E-state index is 0.00811. The van der Waals surface area contributed by atoms with Gasteiger partial charge in [-0.3, -0.25) is 10.1 Å². The zero-order valence-corrected chi connectivity index (χ0v) is 19.5. The lowest BCUT2D eigenvalue weighted by atomic mass is 10.1. The maximum atomic E-state index is 14.1. The number of hydrogen-bond acceptors (Lipinski definition) is 7. The molecule has 1 aromatic heterocycles. The molecule has 1 heterocycles. The Bertz CT molecular complexity index is 1320. The summed E-state index contributed by atoms with van der Waals surface area (Å²) in [6.45, 7) is 1.99. The van der Waals surface area contributed by atoms with Crippen molar-refractivity contribution in [2.24, 2.45) is 0 Å². The number of aryl methyl sites for hydroxylation is 1. The molecule has 2 aromatic carbocycles. The minimum Gasteiger partial charge on any atom is -0.493 e. The number of hydrogen-bond donors (Lipinski definition) is 1. The summed E-state index contributed by atoms with van der Waals surface area (Å²) in [7, 11) is 1.29. The van der Waals surface area contributed by atoms with Gasteiger partial charge >= 0.3 is 0 Å². The summed E-state index contributed by atoms with van der Waals surface area (Å²) >= 11 is 1.18. The number of anilines is 1. The van der Waals surface area contributed by atoms with Gasteiger partial charge in [0.15, 0.2) is 34.8 Å². The molecule has 3 aromatic rings. The molecule has 1 amide bonds. The van der Waals surface area contributed by atoms with Crippen molar-refractivity contribution in [3.8, 4) is 17.6 Å². The number of ether oxygens (including phenoxy) is 2. The molecule has 7 nitrogen and oxygen atoms in total. The number of aromatic nitrogens is 2. The summed E-state index contributed by atoms with van der Waals surface area (Å²) in [6.07, 6.45) is 1.93. The number of nitrogens with zero attached hydrogens (tertiary/aromatic N) is 3. The quantitative estimate of drug-likeness (QED) is 0.198. The molecule has 0 saturated heterocycles. The Morgan fingerprint density at radius 3 is 2.40 bits per heavy atom. The van der Waals surface area contributed by atoms with E-state index in [1.807, 2.05) is 6.92 Å². The SMILES string of the molecule is CCc1nnc(NC(=O)/C(C#N)=C/c2ccc(OCc3c(F)c(F)c(C)c(F)c3F)c(OC)c2)s1. The highest BCUT2D eigenvalue weighted by Crippen LogP contribution is 2.31. The van der Waals surface area contributed by atoms with Crippen molar-refractivity contribution >= 4 is 28.5 Å². The first kappa shape index (κ1) is 25.6. The second-order valence-corrected chi connectivity index (χ2v) is 8.10. The molecular weight excluding hydrogens is 488 g/mol. The van der Waals surface area contributed by atoms with Crippen LogP contribution in [0.2, 0.25) is 0 Å². The first-order chi connectivity index (χ1) is 16.7. The molecule has 35 heavy (non-hydrogen) atoms. The fourth-order valence-corrected chi connectivity index (χ4v) is 3.56. The molecule has 0 atom stereocenters. The largest absolute Gasteiger partial charge is 0.493 e. The first-order valence-electron chi connectivity index (χ1n) is 10.1. The monoisotopic (exact) mass is 506 g/mol. The van der Waals surface area contributed by atoms with Gasteiger partial charge in [-0.1, -0.05) is 24.3 Å². The maximum Gasteiger partial charge on any atom is 0.268 e. The van der Waals surface area contributed by atoms with Crippen LogP contribution in [0.3, 0.4) is 0 Å². The molecule has 0 aliphatic heterocycles. The number of benzene rings is 2. The topological polar surface area (TPSA) is 97.1 Å². The maximum absolute atomic E-state index is 14.1. The lowest BCUT2D eigenvalue weighted by Gasteiger charge is -2.14. The van der Waals surface area contributed by atoms with Crippen LogP contribution in [-0.4, -0.2) is 23.2 Å². The molecule has 0 aliphatic rings. The van der Waals surface area contributed by atoms with Gasteiger partial charge in [-0.05, 0) is 37.1 Å². The van der Waals surface area contributed by atoms with E-state index in [2.05, 4.69) is 15.5 Å². The van der Waals surface area contributed by atoms with Crippen LogP contribution in [0, 0.1) is 41.5 Å². The van der Waals surface area contributed by atoms with E-state index in [9.17, 15) is 27.6 Å². The molecule has 0 unspecified atom stereocenters. The van der Waals surface area contributed by atoms with Gasteiger partial charge in [-0.2, -0.15) is 5.26 Å². The highest BCUT2D eigenvalue weighted by atomic mass is 32.1. The normalized spacial score (nSPS) is 11.2. The molecule has 12 heteroatoms. The molecule has 0 spiro atoms. The first-order valence-corrected chi connectivity index (χ1v) is 10.9. The van der Waals surface area contributed by atoms with Crippen molar-refractivity contribution in [2.45, 2.75) is 26.9 Å². The number of nitrogens with one attached hydrogen (secondary N) is 1. The average molecular weight is 506 g/mol. The predicted molar refractivity (Wildman–Crippen MR) is 120 cm³/mol.